The normalized spacial score (nSPS) is 11.0. The van der Waals surface area contributed by atoms with Gasteiger partial charge in [-0.3, -0.25) is 4.79 Å². The maximum absolute atomic E-state index is 12.0. The standard InChI is InChI=1S/C19H23BrN4O4S/c1-21-29(27,28)13-15-5-2-4-14(10-15)12-24-19(26)23-9-8-22-18(25)16-6-3-7-17(20)11-16/h2-7,10-11,21H,8-9,12-13H2,1H3,(H,22,25)(H2,23,24,26). The minimum atomic E-state index is -3.35. The molecule has 0 fully saturated rings. The summed E-state index contributed by atoms with van der Waals surface area (Å²) in [4.78, 5) is 23.9. The van der Waals surface area contributed by atoms with Gasteiger partial charge in [-0.15, -0.1) is 0 Å². The van der Waals surface area contributed by atoms with E-state index in [1.165, 1.54) is 7.05 Å². The maximum atomic E-state index is 12.0. The lowest BCUT2D eigenvalue weighted by atomic mass is 10.1. The van der Waals surface area contributed by atoms with Crippen LogP contribution in [0.4, 0.5) is 4.79 Å². The number of hydrogen-bond donors (Lipinski definition) is 4. The van der Waals surface area contributed by atoms with E-state index in [9.17, 15) is 18.0 Å². The summed E-state index contributed by atoms with van der Waals surface area (Å²) in [5.74, 6) is -0.344. The third-order valence-corrected chi connectivity index (χ3v) is 5.72. The Morgan fingerprint density at radius 3 is 2.34 bits per heavy atom. The molecule has 2 aromatic carbocycles. The van der Waals surface area contributed by atoms with E-state index in [2.05, 4.69) is 36.6 Å². The smallest absolute Gasteiger partial charge is 0.315 e. The van der Waals surface area contributed by atoms with Gasteiger partial charge in [0, 0.05) is 29.7 Å². The first-order valence-corrected chi connectivity index (χ1v) is 11.3. The number of carbonyl (C=O) groups excluding carboxylic acids is 2. The van der Waals surface area contributed by atoms with Crippen molar-refractivity contribution in [1.29, 1.82) is 0 Å². The highest BCUT2D eigenvalue weighted by Crippen LogP contribution is 2.11. The molecule has 0 aliphatic heterocycles. The average molecular weight is 483 g/mol. The lowest BCUT2D eigenvalue weighted by molar-refractivity contribution is 0.0953. The van der Waals surface area contributed by atoms with Crippen LogP contribution in [0.2, 0.25) is 0 Å². The van der Waals surface area contributed by atoms with Crippen molar-refractivity contribution >= 4 is 37.9 Å². The third-order valence-electron chi connectivity index (χ3n) is 3.90. The molecule has 0 heterocycles. The van der Waals surface area contributed by atoms with Crippen molar-refractivity contribution < 1.29 is 18.0 Å². The third kappa shape index (κ3) is 8.22. The van der Waals surface area contributed by atoms with Gasteiger partial charge in [0.2, 0.25) is 10.0 Å². The molecule has 3 amide bonds. The zero-order valence-electron chi connectivity index (χ0n) is 15.9. The van der Waals surface area contributed by atoms with E-state index >= 15 is 0 Å². The van der Waals surface area contributed by atoms with Gasteiger partial charge in [0.25, 0.3) is 5.91 Å². The van der Waals surface area contributed by atoms with Crippen molar-refractivity contribution in [3.63, 3.8) is 0 Å². The number of urea groups is 1. The van der Waals surface area contributed by atoms with Crippen LogP contribution in [-0.2, 0) is 22.3 Å². The SMILES string of the molecule is CNS(=O)(=O)Cc1cccc(CNC(=O)NCCNC(=O)c2cccc(Br)c2)c1. The number of halogens is 1. The Hall–Kier alpha value is -2.43. The van der Waals surface area contributed by atoms with Crippen molar-refractivity contribution in [2.45, 2.75) is 12.3 Å². The largest absolute Gasteiger partial charge is 0.350 e. The first-order chi connectivity index (χ1) is 13.8. The summed E-state index contributed by atoms with van der Waals surface area (Å²) in [5.41, 5.74) is 1.95. The maximum Gasteiger partial charge on any atom is 0.315 e. The molecule has 29 heavy (non-hydrogen) atoms. The molecule has 0 aromatic heterocycles. The summed E-state index contributed by atoms with van der Waals surface area (Å²) < 4.78 is 26.3. The van der Waals surface area contributed by atoms with Gasteiger partial charge < -0.3 is 16.0 Å². The van der Waals surface area contributed by atoms with Crippen molar-refractivity contribution in [3.05, 3.63) is 69.7 Å². The zero-order valence-corrected chi connectivity index (χ0v) is 18.3. The fraction of sp³-hybridized carbons (Fsp3) is 0.263. The summed E-state index contributed by atoms with van der Waals surface area (Å²) in [6.07, 6.45) is 0. The second kappa shape index (κ2) is 10.9. The molecule has 2 rings (SSSR count). The van der Waals surface area contributed by atoms with Crippen LogP contribution in [-0.4, -0.2) is 40.5 Å². The number of benzene rings is 2. The van der Waals surface area contributed by atoms with Crippen LogP contribution in [0, 0.1) is 0 Å². The van der Waals surface area contributed by atoms with Crippen LogP contribution in [0.3, 0.4) is 0 Å². The molecule has 0 unspecified atom stereocenters. The Morgan fingerprint density at radius 1 is 0.931 bits per heavy atom. The second-order valence-corrected chi connectivity index (χ2v) is 9.00. The predicted octanol–water partition coefficient (Wildman–Crippen LogP) is 1.73. The monoisotopic (exact) mass is 482 g/mol. The zero-order chi connectivity index (χ0) is 21.3. The van der Waals surface area contributed by atoms with Crippen LogP contribution in [0.25, 0.3) is 0 Å². The first-order valence-electron chi connectivity index (χ1n) is 8.83. The average Bonchev–Trinajstić information content (AvgIpc) is 2.69. The van der Waals surface area contributed by atoms with E-state index in [-0.39, 0.29) is 37.3 Å². The van der Waals surface area contributed by atoms with Gasteiger partial charge in [-0.05, 0) is 36.4 Å². The van der Waals surface area contributed by atoms with Gasteiger partial charge in [0.05, 0.1) is 5.75 Å². The number of hydrogen-bond acceptors (Lipinski definition) is 4. The van der Waals surface area contributed by atoms with E-state index in [0.29, 0.717) is 11.1 Å². The van der Waals surface area contributed by atoms with Crippen LogP contribution in [0.5, 0.6) is 0 Å². The highest BCUT2D eigenvalue weighted by Gasteiger charge is 2.09. The summed E-state index contributed by atoms with van der Waals surface area (Å²) in [5, 5.41) is 8.07. The van der Waals surface area contributed by atoms with Crippen molar-refractivity contribution in [2.24, 2.45) is 0 Å². The molecule has 4 N–H and O–H groups in total. The number of carbonyl (C=O) groups is 2. The molecule has 10 heteroatoms. The number of sulfonamides is 1. The number of nitrogens with one attached hydrogen (secondary N) is 4. The van der Waals surface area contributed by atoms with Gasteiger partial charge in [0.15, 0.2) is 0 Å². The predicted molar refractivity (Wildman–Crippen MR) is 115 cm³/mol. The van der Waals surface area contributed by atoms with Crippen molar-refractivity contribution in [2.75, 3.05) is 20.1 Å². The first kappa shape index (κ1) is 22.9. The summed E-state index contributed by atoms with van der Waals surface area (Å²) >= 11 is 3.31. The minimum absolute atomic E-state index is 0.124. The summed E-state index contributed by atoms with van der Waals surface area (Å²) in [6, 6.07) is 13.6. The molecule has 0 aliphatic carbocycles. The molecular formula is C19H23BrN4O4S. The minimum Gasteiger partial charge on any atom is -0.350 e. The van der Waals surface area contributed by atoms with Gasteiger partial charge in [-0.1, -0.05) is 46.3 Å². The van der Waals surface area contributed by atoms with Crippen LogP contribution >= 0.6 is 15.9 Å². The van der Waals surface area contributed by atoms with Crippen LogP contribution < -0.4 is 20.7 Å². The molecule has 156 valence electrons. The molecule has 0 saturated carbocycles. The van der Waals surface area contributed by atoms with E-state index in [0.717, 1.165) is 10.0 Å². The Labute approximate surface area is 178 Å². The van der Waals surface area contributed by atoms with Gasteiger partial charge in [0.1, 0.15) is 0 Å². The lowest BCUT2D eigenvalue weighted by Crippen LogP contribution is -2.40. The molecule has 0 saturated heterocycles. The quantitative estimate of drug-likeness (QED) is 0.407. The summed E-state index contributed by atoms with van der Waals surface area (Å²) in [7, 11) is -1.98. The van der Waals surface area contributed by atoms with Gasteiger partial charge in [-0.2, -0.15) is 0 Å². The van der Waals surface area contributed by atoms with Gasteiger partial charge >= 0.3 is 6.03 Å². The molecular weight excluding hydrogens is 460 g/mol. The highest BCUT2D eigenvalue weighted by atomic mass is 79.9. The van der Waals surface area contributed by atoms with E-state index in [1.54, 1.807) is 42.5 Å². The van der Waals surface area contributed by atoms with Crippen molar-refractivity contribution in [3.8, 4) is 0 Å². The highest BCUT2D eigenvalue weighted by molar-refractivity contribution is 9.10. The van der Waals surface area contributed by atoms with Crippen LogP contribution in [0.15, 0.2) is 53.0 Å². The molecule has 0 spiro atoms. The van der Waals surface area contributed by atoms with E-state index < -0.39 is 10.0 Å². The Bertz CT molecular complexity index is 966. The van der Waals surface area contributed by atoms with Crippen molar-refractivity contribution in [1.82, 2.24) is 20.7 Å². The molecule has 0 aliphatic rings. The molecule has 2 aromatic rings. The van der Waals surface area contributed by atoms with E-state index in [1.807, 2.05) is 6.07 Å². The number of rotatable bonds is 9. The lowest BCUT2D eigenvalue weighted by Gasteiger charge is -2.10. The molecule has 8 nitrogen and oxygen atoms in total. The topological polar surface area (TPSA) is 116 Å². The number of amides is 3. The fourth-order valence-corrected chi connectivity index (χ4v) is 3.61. The van der Waals surface area contributed by atoms with E-state index in [4.69, 9.17) is 0 Å². The molecule has 0 atom stereocenters. The summed E-state index contributed by atoms with van der Waals surface area (Å²) in [6.45, 7) is 0.811. The fourth-order valence-electron chi connectivity index (χ4n) is 2.45. The Kier molecular flexibility index (Phi) is 8.62. The Morgan fingerprint density at radius 2 is 1.62 bits per heavy atom. The van der Waals surface area contributed by atoms with Gasteiger partial charge in [-0.25, -0.2) is 17.9 Å². The second-order valence-electron chi connectivity index (χ2n) is 6.16. The Balaban J connectivity index is 1.71. The molecule has 0 bridgehead atoms. The van der Waals surface area contributed by atoms with Crippen LogP contribution in [0.1, 0.15) is 21.5 Å². The molecule has 0 radical (unpaired) electrons.